The highest BCUT2D eigenvalue weighted by Gasteiger charge is 2.10. The van der Waals surface area contributed by atoms with Crippen molar-refractivity contribution in [2.75, 3.05) is 26.0 Å². The Kier molecular flexibility index (Phi) is 6.19. The first-order chi connectivity index (χ1) is 11.6. The Balaban J connectivity index is 1.73. The molecule has 0 saturated heterocycles. The van der Waals surface area contributed by atoms with Crippen LogP contribution in [0.4, 0.5) is 5.69 Å². The summed E-state index contributed by atoms with van der Waals surface area (Å²) in [4.78, 5) is 23.5. The van der Waals surface area contributed by atoms with E-state index in [-0.39, 0.29) is 12.5 Å². The van der Waals surface area contributed by atoms with Crippen LogP contribution in [0.15, 0.2) is 48.5 Å². The average Bonchev–Trinajstić information content (AvgIpc) is 2.60. The van der Waals surface area contributed by atoms with Crippen LogP contribution in [0.3, 0.4) is 0 Å². The Morgan fingerprint density at radius 3 is 2.50 bits per heavy atom. The third-order valence-corrected chi connectivity index (χ3v) is 3.39. The zero-order valence-corrected chi connectivity index (χ0v) is 13.5. The lowest BCUT2D eigenvalue weighted by Crippen LogP contribution is -2.30. The summed E-state index contributed by atoms with van der Waals surface area (Å²) in [5, 5.41) is 2.71. The number of hydrogen-bond acceptors (Lipinski definition) is 5. The van der Waals surface area contributed by atoms with Gasteiger partial charge >= 0.3 is 5.97 Å². The smallest absolute Gasteiger partial charge is 0.338 e. The van der Waals surface area contributed by atoms with Crippen molar-refractivity contribution in [3.63, 3.8) is 0 Å². The fourth-order valence-corrected chi connectivity index (χ4v) is 2.13. The first-order valence-corrected chi connectivity index (χ1v) is 7.51. The molecule has 24 heavy (non-hydrogen) atoms. The van der Waals surface area contributed by atoms with Crippen LogP contribution < -0.4 is 15.8 Å². The maximum Gasteiger partial charge on any atom is 0.338 e. The molecule has 126 valence electrons. The minimum atomic E-state index is -0.560. The van der Waals surface area contributed by atoms with Crippen molar-refractivity contribution in [2.45, 2.75) is 6.42 Å². The zero-order valence-electron chi connectivity index (χ0n) is 13.5. The van der Waals surface area contributed by atoms with Crippen LogP contribution >= 0.6 is 0 Å². The van der Waals surface area contributed by atoms with Crippen molar-refractivity contribution in [3.8, 4) is 5.75 Å². The molecule has 3 N–H and O–H groups in total. The highest BCUT2D eigenvalue weighted by atomic mass is 16.5. The van der Waals surface area contributed by atoms with E-state index in [1.165, 1.54) is 0 Å². The number of rotatable bonds is 7. The predicted octanol–water partition coefficient (Wildman–Crippen LogP) is 1.79. The van der Waals surface area contributed by atoms with Crippen LogP contribution in [0.2, 0.25) is 0 Å². The van der Waals surface area contributed by atoms with E-state index < -0.39 is 5.97 Å². The van der Waals surface area contributed by atoms with Crippen molar-refractivity contribution in [1.82, 2.24) is 5.32 Å². The van der Waals surface area contributed by atoms with Crippen molar-refractivity contribution < 1.29 is 19.1 Å². The highest BCUT2D eigenvalue weighted by Crippen LogP contribution is 2.17. The van der Waals surface area contributed by atoms with Crippen LogP contribution in [-0.2, 0) is 16.0 Å². The van der Waals surface area contributed by atoms with E-state index in [2.05, 4.69) is 5.32 Å². The Morgan fingerprint density at radius 2 is 1.79 bits per heavy atom. The van der Waals surface area contributed by atoms with E-state index in [0.717, 1.165) is 11.3 Å². The molecule has 0 spiro atoms. The molecular weight excluding hydrogens is 308 g/mol. The number of nitrogens with two attached hydrogens (primary N) is 1. The molecule has 1 amide bonds. The molecule has 0 heterocycles. The number of ether oxygens (including phenoxy) is 2. The first kappa shape index (κ1) is 17.3. The van der Waals surface area contributed by atoms with Gasteiger partial charge in [0.05, 0.1) is 12.7 Å². The van der Waals surface area contributed by atoms with Crippen LogP contribution in [0, 0.1) is 0 Å². The number of carbonyl (C=O) groups excluding carboxylic acids is 2. The second kappa shape index (κ2) is 8.57. The first-order valence-electron chi connectivity index (χ1n) is 7.51. The Labute approximate surface area is 140 Å². The second-order valence-electron chi connectivity index (χ2n) is 5.11. The molecule has 0 aliphatic rings. The summed E-state index contributed by atoms with van der Waals surface area (Å²) in [6.07, 6.45) is 0.627. The Bertz CT molecular complexity index is 698. The van der Waals surface area contributed by atoms with Gasteiger partial charge in [-0.1, -0.05) is 18.2 Å². The van der Waals surface area contributed by atoms with Gasteiger partial charge in [-0.15, -0.1) is 0 Å². The van der Waals surface area contributed by atoms with E-state index in [0.29, 0.717) is 24.2 Å². The number of amides is 1. The van der Waals surface area contributed by atoms with E-state index in [1.807, 2.05) is 24.3 Å². The van der Waals surface area contributed by atoms with Crippen LogP contribution in [0.5, 0.6) is 5.75 Å². The summed E-state index contributed by atoms with van der Waals surface area (Å²) in [5.41, 5.74) is 7.46. The lowest BCUT2D eigenvalue weighted by molar-refractivity contribution is -0.124. The van der Waals surface area contributed by atoms with Crippen molar-refractivity contribution in [2.24, 2.45) is 0 Å². The van der Waals surface area contributed by atoms with Gasteiger partial charge < -0.3 is 20.5 Å². The number of benzene rings is 2. The van der Waals surface area contributed by atoms with Gasteiger partial charge in [0, 0.05) is 12.2 Å². The molecule has 6 nitrogen and oxygen atoms in total. The quantitative estimate of drug-likeness (QED) is 0.597. The summed E-state index contributed by atoms with van der Waals surface area (Å²) in [7, 11) is 1.61. The van der Waals surface area contributed by atoms with E-state index in [9.17, 15) is 9.59 Å². The maximum absolute atomic E-state index is 11.8. The number of hydrogen-bond donors (Lipinski definition) is 2. The maximum atomic E-state index is 11.8. The lowest BCUT2D eigenvalue weighted by atomic mass is 10.1. The third-order valence-electron chi connectivity index (χ3n) is 3.39. The van der Waals surface area contributed by atoms with Crippen LogP contribution in [0.1, 0.15) is 15.9 Å². The van der Waals surface area contributed by atoms with Gasteiger partial charge in [0.15, 0.2) is 6.61 Å². The standard InChI is InChI=1S/C18H20N2O4/c1-23-16-5-3-2-4-13(16)10-11-20-17(21)12-24-18(22)14-6-8-15(19)9-7-14/h2-9H,10-12,19H2,1H3,(H,20,21). The van der Waals surface area contributed by atoms with Crippen LogP contribution in [-0.4, -0.2) is 32.1 Å². The van der Waals surface area contributed by atoms with Crippen LogP contribution in [0.25, 0.3) is 0 Å². The molecule has 0 atom stereocenters. The number of para-hydroxylation sites is 1. The molecule has 2 aromatic carbocycles. The topological polar surface area (TPSA) is 90.6 Å². The highest BCUT2D eigenvalue weighted by molar-refractivity contribution is 5.91. The summed E-state index contributed by atoms with van der Waals surface area (Å²) >= 11 is 0. The van der Waals surface area contributed by atoms with Gasteiger partial charge in [-0.05, 0) is 42.3 Å². The third kappa shape index (κ3) is 5.01. The molecule has 0 bridgehead atoms. The number of methoxy groups -OCH3 is 1. The summed E-state index contributed by atoms with van der Waals surface area (Å²) in [6, 6.07) is 13.9. The second-order valence-corrected chi connectivity index (χ2v) is 5.11. The molecule has 0 aromatic heterocycles. The zero-order chi connectivity index (χ0) is 17.4. The number of esters is 1. The number of nitrogens with one attached hydrogen (secondary N) is 1. The summed E-state index contributed by atoms with van der Waals surface area (Å²) < 4.78 is 10.2. The number of carbonyl (C=O) groups is 2. The molecule has 2 rings (SSSR count). The largest absolute Gasteiger partial charge is 0.496 e. The van der Waals surface area contributed by atoms with E-state index in [4.69, 9.17) is 15.2 Å². The monoisotopic (exact) mass is 328 g/mol. The number of anilines is 1. The fraction of sp³-hybridized carbons (Fsp3) is 0.222. The van der Waals surface area contributed by atoms with Crippen molar-refractivity contribution in [1.29, 1.82) is 0 Å². The predicted molar refractivity (Wildman–Crippen MR) is 90.8 cm³/mol. The lowest BCUT2D eigenvalue weighted by Gasteiger charge is -2.09. The summed E-state index contributed by atoms with van der Waals surface area (Å²) in [5.74, 6) is -0.134. The Morgan fingerprint density at radius 1 is 1.08 bits per heavy atom. The van der Waals surface area contributed by atoms with Gasteiger partial charge in [-0.25, -0.2) is 4.79 Å². The van der Waals surface area contributed by atoms with Gasteiger partial charge in [0.25, 0.3) is 5.91 Å². The molecule has 0 unspecified atom stereocenters. The molecule has 0 radical (unpaired) electrons. The van der Waals surface area contributed by atoms with Crippen molar-refractivity contribution in [3.05, 3.63) is 59.7 Å². The molecule has 0 fully saturated rings. The van der Waals surface area contributed by atoms with Gasteiger partial charge in [0.1, 0.15) is 5.75 Å². The molecule has 0 aliphatic carbocycles. The molecule has 6 heteroatoms. The molecule has 2 aromatic rings. The van der Waals surface area contributed by atoms with Crippen molar-refractivity contribution >= 4 is 17.6 Å². The fourth-order valence-electron chi connectivity index (χ4n) is 2.13. The Hall–Kier alpha value is -3.02. The normalized spacial score (nSPS) is 10.0. The molecule has 0 saturated carbocycles. The minimum Gasteiger partial charge on any atom is -0.496 e. The van der Waals surface area contributed by atoms with Gasteiger partial charge in [-0.3, -0.25) is 4.79 Å². The van der Waals surface area contributed by atoms with Gasteiger partial charge in [0.2, 0.25) is 0 Å². The SMILES string of the molecule is COc1ccccc1CCNC(=O)COC(=O)c1ccc(N)cc1. The minimum absolute atomic E-state index is 0.324. The average molecular weight is 328 g/mol. The molecule has 0 aliphatic heterocycles. The van der Waals surface area contributed by atoms with Gasteiger partial charge in [-0.2, -0.15) is 0 Å². The number of nitrogen functional groups attached to an aromatic ring is 1. The summed E-state index contributed by atoms with van der Waals surface area (Å²) in [6.45, 7) is 0.105. The molecular formula is C18H20N2O4. The van der Waals surface area contributed by atoms with E-state index >= 15 is 0 Å². The van der Waals surface area contributed by atoms with E-state index in [1.54, 1.807) is 31.4 Å².